The second kappa shape index (κ2) is 19.4. The molecule has 0 radical (unpaired) electrons. The van der Waals surface area contributed by atoms with Gasteiger partial charge in [0.1, 0.15) is 11.6 Å². The third-order valence-corrected chi connectivity index (χ3v) is 17.6. The third-order valence-electron chi connectivity index (χ3n) is 16.5. The highest BCUT2D eigenvalue weighted by Gasteiger charge is 2.48. The molecule has 0 atom stereocenters. The van der Waals surface area contributed by atoms with E-state index in [0.717, 1.165) is 112 Å². The lowest BCUT2D eigenvalue weighted by molar-refractivity contribution is 0.584. The maximum atomic E-state index is 17.4. The Hall–Kier alpha value is -10.0. The van der Waals surface area contributed by atoms with Gasteiger partial charge in [-0.1, -0.05) is 169 Å². The minimum atomic E-state index is -0.656. The number of hydrogen-bond acceptors (Lipinski definition) is 6. The van der Waals surface area contributed by atoms with Crippen LogP contribution in [0.25, 0.3) is 0 Å². The Bertz CT molecular complexity index is 4370. The summed E-state index contributed by atoms with van der Waals surface area (Å²) in [6.45, 7) is -0.474. The highest BCUT2D eigenvalue weighted by atomic mass is 32.2. The minimum absolute atomic E-state index is 0.178. The first-order valence-electron chi connectivity index (χ1n) is 27.7. The van der Waals surface area contributed by atoms with Gasteiger partial charge >= 0.3 is 0 Å². The Morgan fingerprint density at radius 2 is 0.695 bits per heavy atom. The molecule has 0 fully saturated rings. The van der Waals surface area contributed by atoms with Crippen LogP contribution in [0.5, 0.6) is 0 Å². The van der Waals surface area contributed by atoms with Gasteiger partial charge in [0.25, 0.3) is 6.71 Å². The van der Waals surface area contributed by atoms with Crippen molar-refractivity contribution in [3.05, 3.63) is 297 Å². The zero-order valence-electron chi connectivity index (χ0n) is 44.2. The fraction of sp³-hybridized carbons (Fsp3) is 0. The molecule has 0 unspecified atom stereocenters. The van der Waals surface area contributed by atoms with E-state index in [-0.39, 0.29) is 19.1 Å². The summed E-state index contributed by atoms with van der Waals surface area (Å²) in [5.74, 6) is -1.29. The smallest absolute Gasteiger partial charge is 0.252 e. The molecule has 12 aromatic rings. The van der Waals surface area contributed by atoms with Crippen molar-refractivity contribution < 1.29 is 8.78 Å². The molecular formula is C72H47B2F2N5S. The summed E-state index contributed by atoms with van der Waals surface area (Å²) >= 11 is 1.76. The molecule has 4 aliphatic rings. The molecule has 0 aliphatic carbocycles. The number of fused-ring (bicyclic) bond motifs is 8. The maximum Gasteiger partial charge on any atom is 0.252 e. The van der Waals surface area contributed by atoms with Crippen molar-refractivity contribution >= 4 is 143 Å². The van der Waals surface area contributed by atoms with Gasteiger partial charge in [-0.15, -0.1) is 0 Å². The van der Waals surface area contributed by atoms with Gasteiger partial charge in [-0.25, -0.2) is 8.78 Å². The summed E-state index contributed by atoms with van der Waals surface area (Å²) in [5, 5.41) is 0. The lowest BCUT2D eigenvalue weighted by atomic mass is 9.31. The van der Waals surface area contributed by atoms with Crippen molar-refractivity contribution in [1.82, 2.24) is 0 Å². The van der Waals surface area contributed by atoms with Gasteiger partial charge in [-0.05, 0) is 155 Å². The van der Waals surface area contributed by atoms with E-state index in [1.165, 1.54) is 22.5 Å². The van der Waals surface area contributed by atoms with Crippen LogP contribution in [-0.2, 0) is 0 Å². The number of anilines is 15. The highest BCUT2D eigenvalue weighted by Crippen LogP contribution is 2.51. The first-order chi connectivity index (χ1) is 40.5. The molecule has 0 spiro atoms. The Balaban J connectivity index is 0.994. The summed E-state index contributed by atoms with van der Waals surface area (Å²) < 4.78 is 32.8. The number of para-hydroxylation sites is 8. The van der Waals surface area contributed by atoms with E-state index in [0.29, 0.717) is 0 Å². The molecule has 0 saturated heterocycles. The van der Waals surface area contributed by atoms with Crippen LogP contribution in [0.1, 0.15) is 0 Å². The Labute approximate surface area is 480 Å². The molecule has 386 valence electrons. The van der Waals surface area contributed by atoms with Gasteiger partial charge in [0.15, 0.2) is 0 Å². The normalized spacial score (nSPS) is 13.1. The maximum absolute atomic E-state index is 17.4. The summed E-state index contributed by atoms with van der Waals surface area (Å²) in [6, 6.07) is 98.8. The summed E-state index contributed by atoms with van der Waals surface area (Å²) in [4.78, 5) is 13.7. The largest absolute Gasteiger partial charge is 0.311 e. The number of halogens is 2. The van der Waals surface area contributed by atoms with Crippen LogP contribution in [0.4, 0.5) is 94.1 Å². The zero-order valence-corrected chi connectivity index (χ0v) is 45.0. The van der Waals surface area contributed by atoms with Gasteiger partial charge < -0.3 is 24.5 Å². The van der Waals surface area contributed by atoms with Crippen molar-refractivity contribution in [3.8, 4) is 0 Å². The quantitative estimate of drug-likeness (QED) is 0.133. The van der Waals surface area contributed by atoms with Gasteiger partial charge in [0, 0.05) is 89.8 Å². The lowest BCUT2D eigenvalue weighted by Gasteiger charge is -2.46. The monoisotopic (exact) mass is 1070 g/mol. The molecular weight excluding hydrogens is 1030 g/mol. The first-order valence-corrected chi connectivity index (χ1v) is 28.5. The van der Waals surface area contributed by atoms with E-state index in [1.54, 1.807) is 17.8 Å². The van der Waals surface area contributed by atoms with Crippen molar-refractivity contribution in [1.29, 1.82) is 0 Å². The highest BCUT2D eigenvalue weighted by molar-refractivity contribution is 8.00. The molecule has 10 heteroatoms. The van der Waals surface area contributed by atoms with E-state index < -0.39 is 11.6 Å². The van der Waals surface area contributed by atoms with Gasteiger partial charge in [0.2, 0.25) is 6.71 Å². The number of nitrogens with zero attached hydrogens (tertiary/aromatic N) is 5. The summed E-state index contributed by atoms with van der Waals surface area (Å²) in [7, 11) is 0. The zero-order chi connectivity index (χ0) is 54.4. The molecule has 0 aromatic heterocycles. The second-order valence-electron chi connectivity index (χ2n) is 21.1. The lowest BCUT2D eigenvalue weighted by Crippen LogP contribution is -2.64. The van der Waals surface area contributed by atoms with Crippen molar-refractivity contribution in [2.45, 2.75) is 9.79 Å². The molecule has 12 aromatic carbocycles. The van der Waals surface area contributed by atoms with Crippen LogP contribution < -0.4 is 57.3 Å². The fourth-order valence-electron chi connectivity index (χ4n) is 13.2. The van der Waals surface area contributed by atoms with Crippen LogP contribution in [0.3, 0.4) is 0 Å². The SMILES string of the molecule is Fc1ccc(N2c3cc4c(cc3B3c5ccccc5N(c5ccccc5)c5cc(N(c6ccccc6)c6ccccc6)cc2c53)B2c3ccccc3N(c3ccccc3)c3cc(N(c5ccccc5)c5ccccc5)cc(c32)S4)c(F)c1. The van der Waals surface area contributed by atoms with Crippen LogP contribution in [0, 0.1) is 11.6 Å². The predicted molar refractivity (Wildman–Crippen MR) is 340 cm³/mol. The number of rotatable bonds is 9. The molecule has 0 bridgehead atoms. The van der Waals surface area contributed by atoms with E-state index >= 15 is 8.78 Å². The molecule has 4 aliphatic heterocycles. The average molecular weight is 1070 g/mol. The minimum Gasteiger partial charge on any atom is -0.311 e. The van der Waals surface area contributed by atoms with E-state index in [9.17, 15) is 0 Å². The Morgan fingerprint density at radius 1 is 0.280 bits per heavy atom. The van der Waals surface area contributed by atoms with Crippen LogP contribution in [-0.4, -0.2) is 13.4 Å². The molecule has 0 N–H and O–H groups in total. The predicted octanol–water partition coefficient (Wildman–Crippen LogP) is 15.8. The molecule has 4 heterocycles. The van der Waals surface area contributed by atoms with Crippen molar-refractivity contribution in [3.63, 3.8) is 0 Å². The summed E-state index contributed by atoms with van der Waals surface area (Å²) in [6.07, 6.45) is 0. The third kappa shape index (κ3) is 7.62. The molecule has 5 nitrogen and oxygen atoms in total. The topological polar surface area (TPSA) is 16.2 Å². The Kier molecular flexibility index (Phi) is 11.3. The Morgan fingerprint density at radius 3 is 1.18 bits per heavy atom. The molecule has 82 heavy (non-hydrogen) atoms. The van der Waals surface area contributed by atoms with Crippen LogP contribution >= 0.6 is 11.8 Å². The first kappa shape index (κ1) is 47.9. The number of benzene rings is 12. The van der Waals surface area contributed by atoms with E-state index in [2.05, 4.69) is 273 Å². The molecule has 0 amide bonds. The van der Waals surface area contributed by atoms with Gasteiger partial charge in [0.05, 0.1) is 11.4 Å². The average Bonchev–Trinajstić information content (AvgIpc) is 1.18. The van der Waals surface area contributed by atoms with E-state index in [4.69, 9.17) is 0 Å². The fourth-order valence-corrected chi connectivity index (χ4v) is 14.4. The molecule has 0 saturated carbocycles. The number of hydrogen-bond donors (Lipinski definition) is 0. The summed E-state index contributed by atoms with van der Waals surface area (Å²) in [5.41, 5.74) is 20.9. The van der Waals surface area contributed by atoms with Gasteiger partial charge in [-0.3, -0.25) is 0 Å². The van der Waals surface area contributed by atoms with Gasteiger partial charge in [-0.2, -0.15) is 0 Å². The molecule has 16 rings (SSSR count). The van der Waals surface area contributed by atoms with Crippen LogP contribution in [0.15, 0.2) is 295 Å². The van der Waals surface area contributed by atoms with Crippen molar-refractivity contribution in [2.75, 3.05) is 24.5 Å². The second-order valence-corrected chi connectivity index (χ2v) is 22.2. The van der Waals surface area contributed by atoms with Crippen molar-refractivity contribution in [2.24, 2.45) is 0 Å². The standard InChI is InChI=1S/C72H47B2F2N5S/c75-48-39-40-64(61(76)41-48)81-65-47-69-60(74-58-36-20-22-38-63(58)80(54-33-17-6-18-34-54)68-44-56(45-70(82-69)72(68)74)78(51-27-11-3-12-28-51)52-29-13-4-14-30-52)46-59(65)73-57-35-19-21-37-62(57)79(53-31-15-5-16-32-53)66-42-55(43-67(81)71(66)73)77(49-23-7-1-8-24-49)50-25-9-2-10-26-50/h1-47H. The van der Waals surface area contributed by atoms with Crippen LogP contribution in [0.2, 0.25) is 0 Å². The van der Waals surface area contributed by atoms with E-state index in [1.807, 2.05) is 18.2 Å².